The van der Waals surface area contributed by atoms with E-state index in [1.807, 2.05) is 20.8 Å². The standard InChI is InChI=1S/C11H21N3O2/c1-11(2,3)13-9(15)8-5-4-6-14(7-8)10(12)16/h8H,4-7H2,1-3H3,(H2,12,16)(H,13,15). The lowest BCUT2D eigenvalue weighted by atomic mass is 9.96. The summed E-state index contributed by atoms with van der Waals surface area (Å²) >= 11 is 0. The van der Waals surface area contributed by atoms with Gasteiger partial charge in [0, 0.05) is 18.6 Å². The third-order valence-corrected chi connectivity index (χ3v) is 2.60. The summed E-state index contributed by atoms with van der Waals surface area (Å²) in [6.45, 7) is 6.94. The Kier molecular flexibility index (Phi) is 3.78. The summed E-state index contributed by atoms with van der Waals surface area (Å²) in [5, 5.41) is 2.93. The van der Waals surface area contributed by atoms with Gasteiger partial charge in [-0.15, -0.1) is 0 Å². The molecule has 3 amide bonds. The van der Waals surface area contributed by atoms with Crippen LogP contribution in [0.25, 0.3) is 0 Å². The van der Waals surface area contributed by atoms with Gasteiger partial charge in [-0.1, -0.05) is 0 Å². The van der Waals surface area contributed by atoms with Crippen molar-refractivity contribution in [3.63, 3.8) is 0 Å². The second-order valence-corrected chi connectivity index (χ2v) is 5.36. The molecule has 1 saturated heterocycles. The van der Waals surface area contributed by atoms with Crippen LogP contribution in [0.1, 0.15) is 33.6 Å². The smallest absolute Gasteiger partial charge is 0.314 e. The van der Waals surface area contributed by atoms with Gasteiger partial charge in [-0.2, -0.15) is 0 Å². The molecular formula is C11H21N3O2. The molecule has 0 aromatic heterocycles. The second kappa shape index (κ2) is 4.72. The number of nitrogens with zero attached hydrogens (tertiary/aromatic N) is 1. The Morgan fingerprint density at radius 1 is 1.38 bits per heavy atom. The molecule has 16 heavy (non-hydrogen) atoms. The first kappa shape index (κ1) is 12.8. The molecule has 0 spiro atoms. The predicted octanol–water partition coefficient (Wildman–Crippen LogP) is 0.692. The summed E-state index contributed by atoms with van der Waals surface area (Å²) in [5.74, 6) is -0.112. The van der Waals surface area contributed by atoms with Gasteiger partial charge in [0.15, 0.2) is 0 Å². The van der Waals surface area contributed by atoms with Crippen LogP contribution in [0.5, 0.6) is 0 Å². The van der Waals surface area contributed by atoms with Crippen molar-refractivity contribution >= 4 is 11.9 Å². The number of amides is 3. The van der Waals surface area contributed by atoms with Crippen LogP contribution in [0.2, 0.25) is 0 Å². The summed E-state index contributed by atoms with van der Waals surface area (Å²) < 4.78 is 0. The van der Waals surface area contributed by atoms with Crippen LogP contribution in [0.15, 0.2) is 0 Å². The van der Waals surface area contributed by atoms with Crippen molar-refractivity contribution < 1.29 is 9.59 Å². The minimum atomic E-state index is -0.437. The Balaban J connectivity index is 2.54. The molecule has 0 radical (unpaired) electrons. The molecule has 0 bridgehead atoms. The first-order chi connectivity index (χ1) is 7.29. The molecule has 0 aromatic carbocycles. The van der Waals surface area contributed by atoms with Crippen LogP contribution in [-0.2, 0) is 4.79 Å². The highest BCUT2D eigenvalue weighted by molar-refractivity contribution is 5.81. The fourth-order valence-corrected chi connectivity index (χ4v) is 1.86. The molecule has 1 unspecified atom stereocenters. The predicted molar refractivity (Wildman–Crippen MR) is 61.8 cm³/mol. The van der Waals surface area contributed by atoms with Gasteiger partial charge >= 0.3 is 6.03 Å². The molecule has 1 atom stereocenters. The van der Waals surface area contributed by atoms with Crippen molar-refractivity contribution in [3.05, 3.63) is 0 Å². The highest BCUT2D eigenvalue weighted by Gasteiger charge is 2.29. The summed E-state index contributed by atoms with van der Waals surface area (Å²) in [4.78, 5) is 24.5. The highest BCUT2D eigenvalue weighted by atomic mass is 16.2. The topological polar surface area (TPSA) is 75.4 Å². The van der Waals surface area contributed by atoms with E-state index in [1.165, 1.54) is 4.90 Å². The lowest BCUT2D eigenvalue weighted by Gasteiger charge is -2.32. The van der Waals surface area contributed by atoms with E-state index < -0.39 is 6.03 Å². The number of urea groups is 1. The molecule has 1 rings (SSSR count). The monoisotopic (exact) mass is 227 g/mol. The Bertz CT molecular complexity index is 283. The number of rotatable bonds is 1. The second-order valence-electron chi connectivity index (χ2n) is 5.36. The van der Waals surface area contributed by atoms with Crippen molar-refractivity contribution in [2.75, 3.05) is 13.1 Å². The quantitative estimate of drug-likeness (QED) is 0.691. The Morgan fingerprint density at radius 2 is 2.00 bits per heavy atom. The fourth-order valence-electron chi connectivity index (χ4n) is 1.86. The van der Waals surface area contributed by atoms with Crippen LogP contribution in [-0.4, -0.2) is 35.5 Å². The van der Waals surface area contributed by atoms with E-state index in [2.05, 4.69) is 5.32 Å². The van der Waals surface area contributed by atoms with Crippen LogP contribution in [0.4, 0.5) is 4.79 Å². The average molecular weight is 227 g/mol. The van der Waals surface area contributed by atoms with E-state index in [4.69, 9.17) is 5.73 Å². The summed E-state index contributed by atoms with van der Waals surface area (Å²) in [7, 11) is 0. The van der Waals surface area contributed by atoms with Gasteiger partial charge in [0.2, 0.25) is 5.91 Å². The number of likely N-dealkylation sites (tertiary alicyclic amines) is 1. The molecule has 0 aliphatic carbocycles. The van der Waals surface area contributed by atoms with E-state index in [-0.39, 0.29) is 17.4 Å². The van der Waals surface area contributed by atoms with Crippen molar-refractivity contribution in [3.8, 4) is 0 Å². The molecule has 5 heteroatoms. The molecule has 1 aliphatic rings. The van der Waals surface area contributed by atoms with E-state index in [1.54, 1.807) is 0 Å². The molecule has 1 heterocycles. The highest BCUT2D eigenvalue weighted by Crippen LogP contribution is 2.17. The zero-order valence-corrected chi connectivity index (χ0v) is 10.2. The SMILES string of the molecule is CC(C)(C)NC(=O)C1CCCN(C(N)=O)C1. The van der Waals surface area contributed by atoms with Crippen molar-refractivity contribution in [2.24, 2.45) is 11.7 Å². The van der Waals surface area contributed by atoms with Gasteiger partial charge in [0.25, 0.3) is 0 Å². The molecule has 0 aromatic rings. The zero-order chi connectivity index (χ0) is 12.3. The summed E-state index contributed by atoms with van der Waals surface area (Å²) in [5.41, 5.74) is 4.98. The Hall–Kier alpha value is -1.26. The van der Waals surface area contributed by atoms with E-state index in [9.17, 15) is 9.59 Å². The summed E-state index contributed by atoms with van der Waals surface area (Å²) in [6.07, 6.45) is 1.66. The van der Waals surface area contributed by atoms with E-state index >= 15 is 0 Å². The maximum atomic E-state index is 11.9. The number of hydrogen-bond donors (Lipinski definition) is 2. The van der Waals surface area contributed by atoms with Gasteiger partial charge in [-0.25, -0.2) is 4.79 Å². The van der Waals surface area contributed by atoms with Gasteiger partial charge < -0.3 is 16.0 Å². The van der Waals surface area contributed by atoms with Crippen LogP contribution in [0.3, 0.4) is 0 Å². The Labute approximate surface area is 96.4 Å². The first-order valence-corrected chi connectivity index (χ1v) is 5.66. The van der Waals surface area contributed by atoms with Crippen molar-refractivity contribution in [2.45, 2.75) is 39.2 Å². The number of nitrogens with one attached hydrogen (secondary N) is 1. The van der Waals surface area contributed by atoms with E-state index in [0.29, 0.717) is 13.1 Å². The zero-order valence-electron chi connectivity index (χ0n) is 10.2. The van der Waals surface area contributed by atoms with Gasteiger partial charge in [-0.3, -0.25) is 4.79 Å². The molecule has 0 saturated carbocycles. The number of nitrogens with two attached hydrogens (primary N) is 1. The average Bonchev–Trinajstić information content (AvgIpc) is 2.15. The molecule has 1 fully saturated rings. The number of hydrogen-bond acceptors (Lipinski definition) is 2. The first-order valence-electron chi connectivity index (χ1n) is 5.66. The van der Waals surface area contributed by atoms with Crippen molar-refractivity contribution in [1.29, 1.82) is 0 Å². The van der Waals surface area contributed by atoms with Crippen molar-refractivity contribution in [1.82, 2.24) is 10.2 Å². The summed E-state index contributed by atoms with van der Waals surface area (Å²) in [6, 6.07) is -0.437. The molecular weight excluding hydrogens is 206 g/mol. The van der Waals surface area contributed by atoms with Crippen LogP contribution >= 0.6 is 0 Å². The number of primary amides is 1. The largest absolute Gasteiger partial charge is 0.351 e. The van der Waals surface area contributed by atoms with Crippen LogP contribution in [0, 0.1) is 5.92 Å². The molecule has 1 aliphatic heterocycles. The molecule has 92 valence electrons. The van der Waals surface area contributed by atoms with Gasteiger partial charge in [0.05, 0.1) is 5.92 Å². The third-order valence-electron chi connectivity index (χ3n) is 2.60. The minimum absolute atomic E-state index is 0.0125. The van der Waals surface area contributed by atoms with Gasteiger partial charge in [-0.05, 0) is 33.6 Å². The number of piperidine rings is 1. The maximum absolute atomic E-state index is 11.9. The number of carbonyl (C=O) groups is 2. The normalized spacial score (nSPS) is 21.7. The lowest BCUT2D eigenvalue weighted by molar-refractivity contribution is -0.127. The maximum Gasteiger partial charge on any atom is 0.314 e. The number of carbonyl (C=O) groups excluding carboxylic acids is 2. The van der Waals surface area contributed by atoms with Crippen LogP contribution < -0.4 is 11.1 Å². The molecule has 3 N–H and O–H groups in total. The minimum Gasteiger partial charge on any atom is -0.351 e. The third kappa shape index (κ3) is 3.72. The fraction of sp³-hybridized carbons (Fsp3) is 0.818. The lowest BCUT2D eigenvalue weighted by Crippen LogP contribution is -2.50. The van der Waals surface area contributed by atoms with Gasteiger partial charge in [0.1, 0.15) is 0 Å². The molecule has 5 nitrogen and oxygen atoms in total. The van der Waals surface area contributed by atoms with E-state index in [0.717, 1.165) is 12.8 Å². The Morgan fingerprint density at radius 3 is 2.50 bits per heavy atom.